The van der Waals surface area contributed by atoms with Gasteiger partial charge in [0.2, 0.25) is 5.91 Å². The van der Waals surface area contributed by atoms with E-state index in [1.807, 2.05) is 0 Å². The molecule has 1 amide bonds. The fourth-order valence-electron chi connectivity index (χ4n) is 2.67. The van der Waals surface area contributed by atoms with Crippen molar-refractivity contribution >= 4 is 17.5 Å². The van der Waals surface area contributed by atoms with Gasteiger partial charge in [0, 0.05) is 29.7 Å². The Morgan fingerprint density at radius 3 is 2.65 bits per heavy atom. The number of hydrogen-bond acceptors (Lipinski definition) is 2. The molecule has 1 fully saturated rings. The molecule has 0 aromatic heterocycles. The smallest absolute Gasteiger partial charge is 0.227 e. The van der Waals surface area contributed by atoms with Gasteiger partial charge in [-0.05, 0) is 37.8 Å². The molecule has 20 heavy (non-hydrogen) atoms. The Balaban J connectivity index is 2.01. The van der Waals surface area contributed by atoms with Gasteiger partial charge >= 0.3 is 0 Å². The first-order valence-electron chi connectivity index (χ1n) is 6.93. The van der Waals surface area contributed by atoms with Crippen molar-refractivity contribution < 1.29 is 9.18 Å². The zero-order chi connectivity index (χ0) is 14.7. The highest BCUT2D eigenvalue weighted by Gasteiger charge is 2.25. The molecule has 1 aliphatic carbocycles. The summed E-state index contributed by atoms with van der Waals surface area (Å²) in [5.74, 6) is -0.526. The molecule has 110 valence electrons. The van der Waals surface area contributed by atoms with Crippen LogP contribution >= 0.6 is 11.6 Å². The Bertz CT molecular complexity index is 467. The largest absolute Gasteiger partial charge is 0.342 e. The predicted octanol–water partition coefficient (Wildman–Crippen LogP) is 2.75. The standard InChI is InChI=1S/C15H20ClFN2O/c1-19(11-7-5-10(18)6-8-11)15(20)9-12-13(16)3-2-4-14(12)17/h2-4,10-11H,5-9,18H2,1H3. The number of hydrogen-bond donors (Lipinski definition) is 1. The molecule has 0 bridgehead atoms. The minimum atomic E-state index is -0.426. The van der Waals surface area contributed by atoms with Crippen molar-refractivity contribution in [1.82, 2.24) is 4.90 Å². The molecule has 5 heteroatoms. The number of rotatable bonds is 3. The lowest BCUT2D eigenvalue weighted by Gasteiger charge is -2.33. The Labute approximate surface area is 123 Å². The van der Waals surface area contributed by atoms with E-state index in [1.54, 1.807) is 18.0 Å². The average Bonchev–Trinajstić information content (AvgIpc) is 2.43. The number of carbonyl (C=O) groups is 1. The van der Waals surface area contributed by atoms with Crippen molar-refractivity contribution in [3.05, 3.63) is 34.6 Å². The molecule has 3 nitrogen and oxygen atoms in total. The summed E-state index contributed by atoms with van der Waals surface area (Å²) in [5.41, 5.74) is 6.14. The van der Waals surface area contributed by atoms with Crippen LogP contribution in [0.1, 0.15) is 31.2 Å². The summed E-state index contributed by atoms with van der Waals surface area (Å²) < 4.78 is 13.7. The maximum Gasteiger partial charge on any atom is 0.227 e. The maximum absolute atomic E-state index is 13.7. The Hall–Kier alpha value is -1.13. The van der Waals surface area contributed by atoms with Crippen LogP contribution in [-0.4, -0.2) is 29.9 Å². The SMILES string of the molecule is CN(C(=O)Cc1c(F)cccc1Cl)C1CCC(N)CC1. The van der Waals surface area contributed by atoms with Crippen molar-refractivity contribution in [3.63, 3.8) is 0 Å². The number of likely N-dealkylation sites (N-methyl/N-ethyl adjacent to an activating group) is 1. The summed E-state index contributed by atoms with van der Waals surface area (Å²) in [4.78, 5) is 14.0. The summed E-state index contributed by atoms with van der Waals surface area (Å²) in [6, 6.07) is 4.92. The molecule has 2 rings (SSSR count). The third-order valence-electron chi connectivity index (χ3n) is 4.07. The fourth-order valence-corrected chi connectivity index (χ4v) is 2.90. The number of nitrogens with two attached hydrogens (primary N) is 1. The van der Waals surface area contributed by atoms with Crippen molar-refractivity contribution in [2.75, 3.05) is 7.05 Å². The second-order valence-electron chi connectivity index (χ2n) is 5.45. The highest BCUT2D eigenvalue weighted by atomic mass is 35.5. The van der Waals surface area contributed by atoms with E-state index >= 15 is 0 Å². The van der Waals surface area contributed by atoms with Crippen LogP contribution in [0, 0.1) is 5.82 Å². The van der Waals surface area contributed by atoms with Crippen LogP contribution in [-0.2, 0) is 11.2 Å². The van der Waals surface area contributed by atoms with Gasteiger partial charge in [0.05, 0.1) is 6.42 Å². The molecule has 0 radical (unpaired) electrons. The van der Waals surface area contributed by atoms with Gasteiger partial charge in [-0.25, -0.2) is 4.39 Å². The topological polar surface area (TPSA) is 46.3 Å². The first kappa shape index (κ1) is 15.3. The van der Waals surface area contributed by atoms with Crippen LogP contribution in [0.2, 0.25) is 5.02 Å². The molecule has 0 atom stereocenters. The Morgan fingerprint density at radius 1 is 1.40 bits per heavy atom. The zero-order valence-electron chi connectivity index (χ0n) is 11.6. The first-order chi connectivity index (χ1) is 9.49. The van der Waals surface area contributed by atoms with E-state index in [4.69, 9.17) is 17.3 Å². The lowest BCUT2D eigenvalue weighted by Crippen LogP contribution is -2.42. The molecular formula is C15H20ClFN2O. The second kappa shape index (κ2) is 6.55. The highest BCUT2D eigenvalue weighted by Crippen LogP contribution is 2.24. The molecule has 0 aliphatic heterocycles. The van der Waals surface area contributed by atoms with Gasteiger partial charge in [0.15, 0.2) is 0 Å². The first-order valence-corrected chi connectivity index (χ1v) is 7.31. The van der Waals surface area contributed by atoms with Gasteiger partial charge < -0.3 is 10.6 Å². The van der Waals surface area contributed by atoms with Crippen molar-refractivity contribution in [2.45, 2.75) is 44.2 Å². The third-order valence-corrected chi connectivity index (χ3v) is 4.43. The van der Waals surface area contributed by atoms with E-state index in [2.05, 4.69) is 0 Å². The van der Waals surface area contributed by atoms with Crippen LogP contribution in [0.3, 0.4) is 0 Å². The molecule has 1 aromatic rings. The molecule has 0 spiro atoms. The highest BCUT2D eigenvalue weighted by molar-refractivity contribution is 6.31. The maximum atomic E-state index is 13.7. The quantitative estimate of drug-likeness (QED) is 0.932. The lowest BCUT2D eigenvalue weighted by atomic mass is 9.91. The minimum absolute atomic E-state index is 0.00452. The Kier molecular flexibility index (Phi) is 5.00. The monoisotopic (exact) mass is 298 g/mol. The minimum Gasteiger partial charge on any atom is -0.342 e. The molecule has 0 heterocycles. The Morgan fingerprint density at radius 2 is 2.05 bits per heavy atom. The van der Waals surface area contributed by atoms with E-state index in [0.717, 1.165) is 25.7 Å². The van der Waals surface area contributed by atoms with Crippen molar-refractivity contribution in [3.8, 4) is 0 Å². The number of nitrogens with zero attached hydrogens (tertiary/aromatic N) is 1. The summed E-state index contributed by atoms with van der Waals surface area (Å²) in [6.45, 7) is 0. The summed E-state index contributed by atoms with van der Waals surface area (Å²) >= 11 is 5.96. The van der Waals surface area contributed by atoms with Gasteiger partial charge in [0.1, 0.15) is 5.82 Å². The van der Waals surface area contributed by atoms with E-state index < -0.39 is 5.82 Å². The molecule has 1 saturated carbocycles. The molecule has 1 aliphatic rings. The van der Waals surface area contributed by atoms with Gasteiger partial charge in [-0.1, -0.05) is 17.7 Å². The normalized spacial score (nSPS) is 22.6. The van der Waals surface area contributed by atoms with Crippen LogP contribution in [0.5, 0.6) is 0 Å². The predicted molar refractivity (Wildman–Crippen MR) is 78.1 cm³/mol. The third kappa shape index (κ3) is 3.49. The molecule has 0 unspecified atom stereocenters. The number of amides is 1. The van der Waals surface area contributed by atoms with E-state index in [-0.39, 0.29) is 30.0 Å². The van der Waals surface area contributed by atoms with Gasteiger partial charge in [-0.15, -0.1) is 0 Å². The molecular weight excluding hydrogens is 279 g/mol. The summed E-state index contributed by atoms with van der Waals surface area (Å²) in [7, 11) is 1.78. The number of benzene rings is 1. The van der Waals surface area contributed by atoms with Gasteiger partial charge in [-0.3, -0.25) is 4.79 Å². The molecule has 2 N–H and O–H groups in total. The summed E-state index contributed by atoms with van der Waals surface area (Å²) in [6.07, 6.45) is 3.69. The van der Waals surface area contributed by atoms with Crippen LogP contribution < -0.4 is 5.73 Å². The van der Waals surface area contributed by atoms with Crippen LogP contribution in [0.25, 0.3) is 0 Å². The average molecular weight is 299 g/mol. The van der Waals surface area contributed by atoms with E-state index in [1.165, 1.54) is 12.1 Å². The van der Waals surface area contributed by atoms with Crippen molar-refractivity contribution in [2.24, 2.45) is 5.73 Å². The molecule has 0 saturated heterocycles. The van der Waals surface area contributed by atoms with Gasteiger partial charge in [0.25, 0.3) is 0 Å². The van der Waals surface area contributed by atoms with Crippen molar-refractivity contribution in [1.29, 1.82) is 0 Å². The van der Waals surface area contributed by atoms with E-state index in [0.29, 0.717) is 5.02 Å². The molecule has 1 aromatic carbocycles. The van der Waals surface area contributed by atoms with Gasteiger partial charge in [-0.2, -0.15) is 0 Å². The van der Waals surface area contributed by atoms with Crippen LogP contribution in [0.4, 0.5) is 4.39 Å². The lowest BCUT2D eigenvalue weighted by molar-refractivity contribution is -0.131. The van der Waals surface area contributed by atoms with Crippen LogP contribution in [0.15, 0.2) is 18.2 Å². The fraction of sp³-hybridized carbons (Fsp3) is 0.533. The van der Waals surface area contributed by atoms with E-state index in [9.17, 15) is 9.18 Å². The summed E-state index contributed by atoms with van der Waals surface area (Å²) in [5, 5.41) is 0.303. The second-order valence-corrected chi connectivity index (χ2v) is 5.86. The number of carbonyl (C=O) groups excluding carboxylic acids is 1. The zero-order valence-corrected chi connectivity index (χ0v) is 12.4. The number of halogens is 2.